The number of ether oxygens (including phenoxy) is 2. The number of alkyl halides is 11. The first-order valence-corrected chi connectivity index (χ1v) is 11.3. The lowest BCUT2D eigenvalue weighted by Crippen LogP contribution is -2.53. The predicted molar refractivity (Wildman–Crippen MR) is 97.7 cm³/mol. The third-order valence-electron chi connectivity index (χ3n) is 6.84. The highest BCUT2D eigenvalue weighted by Crippen LogP contribution is 2.49. The van der Waals surface area contributed by atoms with Crippen LogP contribution in [0.15, 0.2) is 0 Å². The minimum atomic E-state index is -5.10. The van der Waals surface area contributed by atoms with Crippen LogP contribution in [0, 0.1) is 17.8 Å². The van der Waals surface area contributed by atoms with E-state index in [0.717, 1.165) is 0 Å². The third kappa shape index (κ3) is 6.59. The Labute approximate surface area is 189 Å². The van der Waals surface area contributed by atoms with E-state index in [0.29, 0.717) is 0 Å². The molecule has 3 fully saturated rings. The van der Waals surface area contributed by atoms with E-state index in [2.05, 4.69) is 9.47 Å². The van der Waals surface area contributed by atoms with Crippen molar-refractivity contribution in [1.82, 2.24) is 0 Å². The van der Waals surface area contributed by atoms with Gasteiger partial charge in [-0.3, -0.25) is 4.74 Å². The van der Waals surface area contributed by atoms with Gasteiger partial charge in [0, 0.05) is 17.7 Å². The van der Waals surface area contributed by atoms with Crippen LogP contribution in [0.3, 0.4) is 0 Å². The van der Waals surface area contributed by atoms with Gasteiger partial charge in [-0.15, -0.1) is 24.8 Å². The highest BCUT2D eigenvalue weighted by molar-refractivity contribution is 6.20. The highest BCUT2D eigenvalue weighted by Gasteiger charge is 2.58. The van der Waals surface area contributed by atoms with Crippen LogP contribution in [0.5, 0.6) is 0 Å². The zero-order chi connectivity index (χ0) is 24.7. The second kappa shape index (κ2) is 10.2. The summed E-state index contributed by atoms with van der Waals surface area (Å²) < 4.78 is 146. The van der Waals surface area contributed by atoms with Crippen LogP contribution in [0.1, 0.15) is 44.9 Å². The van der Waals surface area contributed by atoms with Crippen molar-refractivity contribution in [2.45, 2.75) is 106 Å². The topological polar surface area (TPSA) is 18.5 Å². The minimum Gasteiger partial charge on any atom is -0.317 e. The molecule has 3 aliphatic rings. The largest absolute Gasteiger partial charge is 0.522 e. The maximum atomic E-state index is 14.7. The van der Waals surface area contributed by atoms with Crippen molar-refractivity contribution < 1.29 is 53.4 Å². The normalized spacial score (nSPS) is 45.7. The van der Waals surface area contributed by atoms with E-state index in [1.807, 2.05) is 0 Å². The number of halogens is 11. The first-order valence-electron chi connectivity index (χ1n) is 10.8. The van der Waals surface area contributed by atoms with E-state index in [-0.39, 0.29) is 12.8 Å². The molecule has 7 unspecified atom stereocenters. The Morgan fingerprint density at radius 3 is 1.67 bits per heavy atom. The van der Waals surface area contributed by atoms with Gasteiger partial charge in [0.15, 0.2) is 0 Å². The first-order chi connectivity index (χ1) is 15.2. The summed E-state index contributed by atoms with van der Waals surface area (Å²) in [6, 6.07) is 0. The Kier molecular flexibility index (Phi) is 8.41. The molecular formula is C20H25ClF10O2. The van der Waals surface area contributed by atoms with Crippen molar-refractivity contribution in [2.24, 2.45) is 17.8 Å². The molecule has 3 aliphatic carbocycles. The zero-order valence-electron chi connectivity index (χ0n) is 17.3. The molecule has 0 amide bonds. The molecule has 3 saturated carbocycles. The molecular weight excluding hydrogens is 498 g/mol. The summed E-state index contributed by atoms with van der Waals surface area (Å²) in [5, 5.41) is -0.765. The highest BCUT2D eigenvalue weighted by atomic mass is 35.5. The van der Waals surface area contributed by atoms with Gasteiger partial charge in [0.25, 0.3) is 0 Å². The van der Waals surface area contributed by atoms with Gasteiger partial charge < -0.3 is 4.74 Å². The molecule has 0 aromatic heterocycles. The molecule has 13 heteroatoms. The van der Waals surface area contributed by atoms with Crippen molar-refractivity contribution in [3.63, 3.8) is 0 Å². The molecule has 0 aromatic carbocycles. The molecule has 194 valence electrons. The van der Waals surface area contributed by atoms with E-state index in [9.17, 15) is 43.9 Å². The van der Waals surface area contributed by atoms with Gasteiger partial charge in [0.2, 0.25) is 0 Å². The fourth-order valence-corrected chi connectivity index (χ4v) is 5.75. The zero-order valence-corrected chi connectivity index (χ0v) is 18.0. The summed E-state index contributed by atoms with van der Waals surface area (Å²) >= 11 is 5.76. The fourth-order valence-electron chi connectivity index (χ4n) is 5.41. The van der Waals surface area contributed by atoms with Gasteiger partial charge in [0.05, 0.1) is 12.2 Å². The minimum absolute atomic E-state index is 0.204. The summed E-state index contributed by atoms with van der Waals surface area (Å²) in [4.78, 5) is 0. The quantitative estimate of drug-likeness (QED) is 0.292. The molecule has 0 aliphatic heterocycles. The molecule has 3 rings (SSSR count). The van der Waals surface area contributed by atoms with Crippen molar-refractivity contribution in [3.8, 4) is 0 Å². The van der Waals surface area contributed by atoms with Gasteiger partial charge in [0.1, 0.15) is 36.8 Å². The van der Waals surface area contributed by atoms with Gasteiger partial charge >= 0.3 is 12.5 Å². The smallest absolute Gasteiger partial charge is 0.317 e. The summed E-state index contributed by atoms with van der Waals surface area (Å²) in [6.45, 7) is 0. The number of rotatable bonds is 5. The molecule has 0 bridgehead atoms. The number of hydrogen-bond donors (Lipinski definition) is 0. The average Bonchev–Trinajstić information content (AvgIpc) is 2.61. The maximum absolute atomic E-state index is 14.7. The SMILES string of the molecule is FC1CC(OC(F)(F)C2C(F)CC(C3C(F)CC(Cl)CC3F)CC2F)CCC1OC(F)(F)F. The Bertz CT molecular complexity index is 629. The Morgan fingerprint density at radius 1 is 0.636 bits per heavy atom. The van der Waals surface area contributed by atoms with E-state index >= 15 is 0 Å². The van der Waals surface area contributed by atoms with Crippen molar-refractivity contribution in [1.29, 1.82) is 0 Å². The fraction of sp³-hybridized carbons (Fsp3) is 1.00. The van der Waals surface area contributed by atoms with Gasteiger partial charge in [-0.2, -0.15) is 8.78 Å². The lowest BCUT2D eigenvalue weighted by molar-refractivity contribution is -0.359. The van der Waals surface area contributed by atoms with Crippen molar-refractivity contribution >= 4 is 11.6 Å². The van der Waals surface area contributed by atoms with Gasteiger partial charge in [-0.25, -0.2) is 22.0 Å². The van der Waals surface area contributed by atoms with E-state index in [4.69, 9.17) is 11.6 Å². The molecule has 0 aromatic rings. The third-order valence-corrected chi connectivity index (χ3v) is 7.19. The van der Waals surface area contributed by atoms with E-state index in [1.165, 1.54) is 0 Å². The molecule has 0 heterocycles. The van der Waals surface area contributed by atoms with Crippen LogP contribution in [-0.2, 0) is 9.47 Å². The Balaban J connectivity index is 1.60. The second-order valence-electron chi connectivity index (χ2n) is 9.20. The summed E-state index contributed by atoms with van der Waals surface area (Å²) in [5.41, 5.74) is 0. The lowest BCUT2D eigenvalue weighted by Gasteiger charge is -2.44. The van der Waals surface area contributed by atoms with Crippen LogP contribution in [0.2, 0.25) is 0 Å². The van der Waals surface area contributed by atoms with Gasteiger partial charge in [-0.1, -0.05) is 0 Å². The average molecular weight is 523 g/mol. The van der Waals surface area contributed by atoms with Crippen LogP contribution >= 0.6 is 11.6 Å². The van der Waals surface area contributed by atoms with Crippen LogP contribution < -0.4 is 0 Å². The van der Waals surface area contributed by atoms with E-state index in [1.54, 1.807) is 0 Å². The monoisotopic (exact) mass is 522 g/mol. The second-order valence-corrected chi connectivity index (χ2v) is 9.82. The van der Waals surface area contributed by atoms with Gasteiger partial charge in [-0.05, 0) is 44.4 Å². The van der Waals surface area contributed by atoms with E-state index < -0.39 is 111 Å². The van der Waals surface area contributed by atoms with Crippen molar-refractivity contribution in [2.75, 3.05) is 0 Å². The Morgan fingerprint density at radius 2 is 1.18 bits per heavy atom. The first kappa shape index (κ1) is 27.1. The standard InChI is InChI=1S/C20H25ClF10O2/c21-9-5-12(23)17(13(24)6-9)8-3-14(25)18(15(26)4-8)19(27,28)32-10-1-2-16(11(22)7-10)33-20(29,30)31/h8-18H,1-7H2. The lowest BCUT2D eigenvalue weighted by atomic mass is 9.68. The van der Waals surface area contributed by atoms with Crippen LogP contribution in [0.25, 0.3) is 0 Å². The molecule has 0 saturated heterocycles. The van der Waals surface area contributed by atoms with Crippen molar-refractivity contribution in [3.05, 3.63) is 0 Å². The predicted octanol–water partition coefficient (Wildman–Crippen LogP) is 6.79. The van der Waals surface area contributed by atoms with Crippen LogP contribution in [-0.4, -0.2) is 60.9 Å². The summed E-state index contributed by atoms with van der Waals surface area (Å²) in [5.74, 6) is -5.10. The summed E-state index contributed by atoms with van der Waals surface area (Å²) in [6.07, 6.45) is -27.4. The number of hydrogen-bond acceptors (Lipinski definition) is 2. The maximum Gasteiger partial charge on any atom is 0.522 e. The molecule has 33 heavy (non-hydrogen) atoms. The Hall–Kier alpha value is -0.490. The molecule has 0 N–H and O–H groups in total. The molecule has 0 spiro atoms. The molecule has 2 nitrogen and oxygen atoms in total. The summed E-state index contributed by atoms with van der Waals surface area (Å²) in [7, 11) is 0. The van der Waals surface area contributed by atoms with Crippen LogP contribution in [0.4, 0.5) is 43.9 Å². The molecule has 0 radical (unpaired) electrons. The molecule has 7 atom stereocenters.